The fourth-order valence-corrected chi connectivity index (χ4v) is 1.91. The maximum atomic E-state index is 4.74. The minimum Gasteiger partial charge on any atom is -0.306 e. The zero-order valence-corrected chi connectivity index (χ0v) is 14.0. The Morgan fingerprint density at radius 1 is 1.20 bits per heavy atom. The van der Waals surface area contributed by atoms with E-state index in [0.717, 1.165) is 36.9 Å². The lowest BCUT2D eigenvalue weighted by atomic mass is 10.1. The summed E-state index contributed by atoms with van der Waals surface area (Å²) < 4.78 is 0. The number of nitrogens with zero attached hydrogens (tertiary/aromatic N) is 2. The van der Waals surface area contributed by atoms with Crippen LogP contribution in [-0.2, 0) is 13.1 Å². The fraction of sp³-hybridized carbons (Fsp3) is 0.706. The highest BCUT2D eigenvalue weighted by molar-refractivity contribution is 5.11. The van der Waals surface area contributed by atoms with E-state index in [4.69, 9.17) is 4.98 Å². The van der Waals surface area contributed by atoms with E-state index in [-0.39, 0.29) is 5.54 Å². The number of rotatable bonds is 7. The van der Waals surface area contributed by atoms with Crippen molar-refractivity contribution in [3.05, 3.63) is 29.6 Å². The van der Waals surface area contributed by atoms with Gasteiger partial charge in [-0.05, 0) is 58.8 Å². The number of pyridine rings is 1. The first-order valence-corrected chi connectivity index (χ1v) is 7.64. The Labute approximate surface area is 124 Å². The summed E-state index contributed by atoms with van der Waals surface area (Å²) in [6, 6.07) is 6.32. The predicted octanol–water partition coefficient (Wildman–Crippen LogP) is 3.45. The molecule has 0 unspecified atom stereocenters. The van der Waals surface area contributed by atoms with Gasteiger partial charge in [0.2, 0.25) is 0 Å². The molecule has 114 valence electrons. The van der Waals surface area contributed by atoms with Crippen LogP contribution in [0.3, 0.4) is 0 Å². The quantitative estimate of drug-likeness (QED) is 0.827. The van der Waals surface area contributed by atoms with Crippen molar-refractivity contribution in [2.24, 2.45) is 5.92 Å². The minimum atomic E-state index is 0.131. The Bertz CT molecular complexity index is 393. The van der Waals surface area contributed by atoms with Crippen molar-refractivity contribution in [1.82, 2.24) is 15.2 Å². The zero-order chi connectivity index (χ0) is 15.2. The maximum Gasteiger partial charge on any atom is 0.0547 e. The van der Waals surface area contributed by atoms with Gasteiger partial charge in [0.15, 0.2) is 0 Å². The van der Waals surface area contributed by atoms with Gasteiger partial charge in [0.1, 0.15) is 0 Å². The van der Waals surface area contributed by atoms with Crippen LogP contribution < -0.4 is 5.32 Å². The molecule has 1 aromatic heterocycles. The van der Waals surface area contributed by atoms with Crippen LogP contribution in [-0.4, -0.2) is 29.0 Å². The highest BCUT2D eigenvalue weighted by Gasteiger charge is 2.09. The fourth-order valence-electron chi connectivity index (χ4n) is 1.91. The molecule has 0 aromatic carbocycles. The Balaban J connectivity index is 2.50. The van der Waals surface area contributed by atoms with Crippen LogP contribution in [0, 0.1) is 5.92 Å². The van der Waals surface area contributed by atoms with Crippen LogP contribution in [0.4, 0.5) is 0 Å². The number of hydrogen-bond acceptors (Lipinski definition) is 3. The summed E-state index contributed by atoms with van der Waals surface area (Å²) in [6.45, 7) is 14.0. The molecule has 1 heterocycles. The molecule has 0 radical (unpaired) electrons. The van der Waals surface area contributed by atoms with Crippen molar-refractivity contribution in [3.8, 4) is 0 Å². The highest BCUT2D eigenvalue weighted by Crippen LogP contribution is 2.07. The molecular formula is C17H31N3. The van der Waals surface area contributed by atoms with Gasteiger partial charge in [-0.25, -0.2) is 0 Å². The summed E-state index contributed by atoms with van der Waals surface area (Å²) in [6.07, 6.45) is 1.24. The molecule has 0 bridgehead atoms. The monoisotopic (exact) mass is 277 g/mol. The van der Waals surface area contributed by atoms with Gasteiger partial charge in [0.25, 0.3) is 0 Å². The molecule has 0 aliphatic heterocycles. The molecule has 1 rings (SSSR count). The molecule has 0 fully saturated rings. The Morgan fingerprint density at radius 2 is 1.85 bits per heavy atom. The Hall–Kier alpha value is -0.930. The summed E-state index contributed by atoms with van der Waals surface area (Å²) in [5.41, 5.74) is 2.41. The van der Waals surface area contributed by atoms with Crippen molar-refractivity contribution >= 4 is 0 Å². The van der Waals surface area contributed by atoms with Crippen LogP contribution in [0.1, 0.15) is 52.4 Å². The van der Waals surface area contributed by atoms with Gasteiger partial charge in [-0.2, -0.15) is 0 Å². The molecule has 1 N–H and O–H groups in total. The lowest BCUT2D eigenvalue weighted by molar-refractivity contribution is 0.300. The zero-order valence-electron chi connectivity index (χ0n) is 14.0. The first-order valence-electron chi connectivity index (χ1n) is 7.64. The smallest absolute Gasteiger partial charge is 0.0547 e. The van der Waals surface area contributed by atoms with E-state index in [0.29, 0.717) is 0 Å². The molecule has 0 saturated carbocycles. The molecule has 0 aliphatic rings. The highest BCUT2D eigenvalue weighted by atomic mass is 15.1. The lowest BCUT2D eigenvalue weighted by Gasteiger charge is -2.21. The van der Waals surface area contributed by atoms with Crippen LogP contribution in [0.2, 0.25) is 0 Å². The van der Waals surface area contributed by atoms with Crippen LogP contribution in [0.25, 0.3) is 0 Å². The Kier molecular flexibility index (Phi) is 6.63. The molecule has 0 spiro atoms. The number of aromatic nitrogens is 1. The molecule has 3 nitrogen and oxygen atoms in total. The van der Waals surface area contributed by atoms with E-state index in [1.807, 2.05) is 0 Å². The van der Waals surface area contributed by atoms with Crippen molar-refractivity contribution in [1.29, 1.82) is 0 Å². The van der Waals surface area contributed by atoms with Gasteiger partial charge in [-0.3, -0.25) is 4.98 Å². The summed E-state index contributed by atoms with van der Waals surface area (Å²) in [5, 5.41) is 3.48. The summed E-state index contributed by atoms with van der Waals surface area (Å²) in [7, 11) is 2.17. The molecule has 0 atom stereocenters. The third-order valence-electron chi connectivity index (χ3n) is 3.18. The van der Waals surface area contributed by atoms with Gasteiger partial charge >= 0.3 is 0 Å². The second kappa shape index (κ2) is 7.75. The normalized spacial score (nSPS) is 12.4. The van der Waals surface area contributed by atoms with Gasteiger partial charge in [-0.15, -0.1) is 0 Å². The molecule has 0 saturated heterocycles. The first-order chi connectivity index (χ1) is 9.26. The third-order valence-corrected chi connectivity index (χ3v) is 3.18. The van der Waals surface area contributed by atoms with Crippen LogP contribution in [0.15, 0.2) is 18.2 Å². The lowest BCUT2D eigenvalue weighted by Crippen LogP contribution is -2.35. The topological polar surface area (TPSA) is 28.2 Å². The average Bonchev–Trinajstić information content (AvgIpc) is 2.34. The van der Waals surface area contributed by atoms with Crippen LogP contribution >= 0.6 is 0 Å². The Morgan fingerprint density at radius 3 is 2.45 bits per heavy atom. The van der Waals surface area contributed by atoms with E-state index >= 15 is 0 Å². The predicted molar refractivity (Wildman–Crippen MR) is 86.6 cm³/mol. The van der Waals surface area contributed by atoms with E-state index in [9.17, 15) is 0 Å². The molecule has 0 aliphatic carbocycles. The van der Waals surface area contributed by atoms with E-state index in [1.54, 1.807) is 0 Å². The van der Waals surface area contributed by atoms with Gasteiger partial charge in [-0.1, -0.05) is 19.9 Å². The molecule has 3 heteroatoms. The van der Waals surface area contributed by atoms with Crippen molar-refractivity contribution in [2.45, 2.75) is 59.7 Å². The minimum absolute atomic E-state index is 0.131. The van der Waals surface area contributed by atoms with Crippen molar-refractivity contribution in [3.63, 3.8) is 0 Å². The third kappa shape index (κ3) is 7.61. The summed E-state index contributed by atoms with van der Waals surface area (Å²) in [4.78, 5) is 7.09. The van der Waals surface area contributed by atoms with Crippen molar-refractivity contribution in [2.75, 3.05) is 13.6 Å². The summed E-state index contributed by atoms with van der Waals surface area (Å²) >= 11 is 0. The summed E-state index contributed by atoms with van der Waals surface area (Å²) in [5.74, 6) is 0.757. The van der Waals surface area contributed by atoms with E-state index in [1.165, 1.54) is 6.42 Å². The molecule has 1 aromatic rings. The maximum absolute atomic E-state index is 4.74. The molecule has 20 heavy (non-hydrogen) atoms. The number of nitrogens with one attached hydrogen (secondary N) is 1. The second-order valence-corrected chi connectivity index (χ2v) is 7.14. The standard InChI is InChI=1S/C17H31N3/c1-14(2)10-11-20(6)13-16-9-7-8-15(19-16)12-18-17(3,4)5/h7-9,14,18H,10-13H2,1-6H3. The van der Waals surface area contributed by atoms with Gasteiger partial charge < -0.3 is 10.2 Å². The first kappa shape index (κ1) is 17.1. The van der Waals surface area contributed by atoms with Crippen molar-refractivity contribution < 1.29 is 0 Å². The van der Waals surface area contributed by atoms with E-state index < -0.39 is 0 Å². The largest absolute Gasteiger partial charge is 0.306 e. The van der Waals surface area contributed by atoms with E-state index in [2.05, 4.69) is 70.1 Å². The number of hydrogen-bond donors (Lipinski definition) is 1. The SMILES string of the molecule is CC(C)CCN(C)Cc1cccc(CNC(C)(C)C)n1. The van der Waals surface area contributed by atoms with Gasteiger partial charge in [0, 0.05) is 18.6 Å². The average molecular weight is 277 g/mol. The molecule has 0 amide bonds. The van der Waals surface area contributed by atoms with Crippen LogP contribution in [0.5, 0.6) is 0 Å². The van der Waals surface area contributed by atoms with Gasteiger partial charge in [0.05, 0.1) is 11.4 Å². The second-order valence-electron chi connectivity index (χ2n) is 7.14. The molecular weight excluding hydrogens is 246 g/mol.